The highest BCUT2D eigenvalue weighted by atomic mass is 16.6. The molecule has 2 nitrogen and oxygen atoms in total. The maximum absolute atomic E-state index is 8.92. The van der Waals surface area contributed by atoms with Crippen molar-refractivity contribution < 1.29 is 9.84 Å². The Hall–Kier alpha value is -0.0800. The van der Waals surface area contributed by atoms with Gasteiger partial charge in [0.15, 0.2) is 0 Å². The lowest BCUT2D eigenvalue weighted by atomic mass is 9.99. The smallest absolute Gasteiger partial charge is 0.0898 e. The van der Waals surface area contributed by atoms with E-state index in [4.69, 9.17) is 9.84 Å². The molecule has 1 saturated carbocycles. The van der Waals surface area contributed by atoms with Gasteiger partial charge < -0.3 is 9.84 Å². The van der Waals surface area contributed by atoms with E-state index in [0.29, 0.717) is 30.1 Å². The summed E-state index contributed by atoms with van der Waals surface area (Å²) in [6, 6.07) is 0. The van der Waals surface area contributed by atoms with E-state index in [9.17, 15) is 0 Å². The van der Waals surface area contributed by atoms with E-state index >= 15 is 0 Å². The molecule has 64 valence electrons. The van der Waals surface area contributed by atoms with E-state index in [1.54, 1.807) is 0 Å². The van der Waals surface area contributed by atoms with E-state index < -0.39 is 0 Å². The quantitative estimate of drug-likeness (QED) is 0.622. The van der Waals surface area contributed by atoms with Crippen LogP contribution in [0.4, 0.5) is 0 Å². The van der Waals surface area contributed by atoms with Crippen molar-refractivity contribution in [2.24, 2.45) is 11.3 Å². The van der Waals surface area contributed by atoms with Crippen LogP contribution in [-0.2, 0) is 4.74 Å². The molecular formula is C9H16O2. The Morgan fingerprint density at radius 1 is 1.64 bits per heavy atom. The van der Waals surface area contributed by atoms with Crippen LogP contribution < -0.4 is 0 Å². The lowest BCUT2D eigenvalue weighted by molar-refractivity contribution is 0.231. The SMILES string of the molecule is CCC1OC1C1(C)CC1CO. The Morgan fingerprint density at radius 3 is 2.73 bits per heavy atom. The van der Waals surface area contributed by atoms with Gasteiger partial charge in [-0.05, 0) is 18.8 Å². The highest BCUT2D eigenvalue weighted by molar-refractivity contribution is 5.11. The summed E-state index contributed by atoms with van der Waals surface area (Å²) in [6.07, 6.45) is 3.24. The summed E-state index contributed by atoms with van der Waals surface area (Å²) in [5.41, 5.74) is 0.329. The molecule has 1 aliphatic carbocycles. The molecule has 0 bridgehead atoms. The fraction of sp³-hybridized carbons (Fsp3) is 1.00. The number of aliphatic hydroxyl groups excluding tert-OH is 1. The highest BCUT2D eigenvalue weighted by Crippen LogP contribution is 2.61. The average Bonchev–Trinajstić information content (AvgIpc) is 2.82. The molecule has 2 rings (SSSR count). The normalized spacial score (nSPS) is 54.3. The van der Waals surface area contributed by atoms with Crippen molar-refractivity contribution in [3.8, 4) is 0 Å². The molecule has 0 spiro atoms. The van der Waals surface area contributed by atoms with Gasteiger partial charge in [0.25, 0.3) is 0 Å². The summed E-state index contributed by atoms with van der Waals surface area (Å²) in [7, 11) is 0. The van der Waals surface area contributed by atoms with Crippen molar-refractivity contribution in [1.82, 2.24) is 0 Å². The second-order valence-corrected chi connectivity index (χ2v) is 4.09. The minimum Gasteiger partial charge on any atom is -0.396 e. The van der Waals surface area contributed by atoms with Crippen molar-refractivity contribution >= 4 is 0 Å². The Balaban J connectivity index is 1.89. The van der Waals surface area contributed by atoms with E-state index in [2.05, 4.69) is 13.8 Å². The first kappa shape index (κ1) is 7.56. The molecule has 0 aromatic carbocycles. The summed E-state index contributed by atoms with van der Waals surface area (Å²) < 4.78 is 5.51. The van der Waals surface area contributed by atoms with Gasteiger partial charge in [0.2, 0.25) is 0 Å². The summed E-state index contributed by atoms with van der Waals surface area (Å²) in [4.78, 5) is 0. The van der Waals surface area contributed by atoms with Crippen LogP contribution in [0.15, 0.2) is 0 Å². The molecule has 0 aromatic heterocycles. The Morgan fingerprint density at radius 2 is 2.36 bits per heavy atom. The van der Waals surface area contributed by atoms with Gasteiger partial charge in [-0.15, -0.1) is 0 Å². The predicted molar refractivity (Wildman–Crippen MR) is 42.3 cm³/mol. The molecule has 1 heterocycles. The molecule has 0 amide bonds. The molecule has 11 heavy (non-hydrogen) atoms. The van der Waals surface area contributed by atoms with Crippen molar-refractivity contribution in [3.05, 3.63) is 0 Å². The third-order valence-electron chi connectivity index (χ3n) is 3.31. The van der Waals surface area contributed by atoms with Crippen molar-refractivity contribution in [1.29, 1.82) is 0 Å². The zero-order valence-electron chi connectivity index (χ0n) is 7.21. The number of rotatable bonds is 3. The number of hydrogen-bond donors (Lipinski definition) is 1. The Bertz CT molecular complexity index is 169. The van der Waals surface area contributed by atoms with Gasteiger partial charge in [-0.1, -0.05) is 13.8 Å². The molecule has 2 aliphatic rings. The lowest BCUT2D eigenvalue weighted by Gasteiger charge is -2.04. The van der Waals surface area contributed by atoms with Crippen LogP contribution in [0.1, 0.15) is 26.7 Å². The van der Waals surface area contributed by atoms with Gasteiger partial charge in [0.05, 0.1) is 12.2 Å². The summed E-state index contributed by atoms with van der Waals surface area (Å²) in [6.45, 7) is 4.73. The standard InChI is InChI=1S/C9H16O2/c1-3-7-8(11-7)9(2)4-6(9)5-10/h6-8,10H,3-5H2,1-2H3. The largest absolute Gasteiger partial charge is 0.396 e. The maximum Gasteiger partial charge on any atom is 0.0898 e. The van der Waals surface area contributed by atoms with Crippen molar-refractivity contribution in [2.75, 3.05) is 6.61 Å². The first-order chi connectivity index (χ1) is 5.22. The molecule has 4 atom stereocenters. The molecular weight excluding hydrogens is 140 g/mol. The van der Waals surface area contributed by atoms with Gasteiger partial charge in [-0.2, -0.15) is 0 Å². The predicted octanol–water partition coefficient (Wildman–Crippen LogP) is 1.18. The molecule has 4 unspecified atom stereocenters. The van der Waals surface area contributed by atoms with Crippen LogP contribution in [0.25, 0.3) is 0 Å². The maximum atomic E-state index is 8.92. The molecule has 1 saturated heterocycles. The zero-order chi connectivity index (χ0) is 8.06. The molecule has 2 fully saturated rings. The van der Waals surface area contributed by atoms with Crippen LogP contribution in [0.2, 0.25) is 0 Å². The molecule has 0 radical (unpaired) electrons. The zero-order valence-corrected chi connectivity index (χ0v) is 7.21. The third-order valence-corrected chi connectivity index (χ3v) is 3.31. The summed E-state index contributed by atoms with van der Waals surface area (Å²) >= 11 is 0. The Labute approximate surface area is 67.6 Å². The van der Waals surface area contributed by atoms with Crippen LogP contribution in [0, 0.1) is 11.3 Å². The minimum atomic E-state index is 0.329. The van der Waals surface area contributed by atoms with E-state index in [1.807, 2.05) is 0 Å². The lowest BCUT2D eigenvalue weighted by Crippen LogP contribution is -2.11. The van der Waals surface area contributed by atoms with Gasteiger partial charge in [-0.3, -0.25) is 0 Å². The number of epoxide rings is 1. The van der Waals surface area contributed by atoms with Gasteiger partial charge in [0, 0.05) is 12.0 Å². The number of ether oxygens (including phenoxy) is 1. The molecule has 2 heteroatoms. The fourth-order valence-electron chi connectivity index (χ4n) is 2.13. The Kier molecular flexibility index (Phi) is 1.52. The molecule has 1 N–H and O–H groups in total. The van der Waals surface area contributed by atoms with Gasteiger partial charge >= 0.3 is 0 Å². The fourth-order valence-corrected chi connectivity index (χ4v) is 2.13. The topological polar surface area (TPSA) is 32.8 Å². The van der Waals surface area contributed by atoms with Crippen LogP contribution in [0.5, 0.6) is 0 Å². The van der Waals surface area contributed by atoms with Crippen LogP contribution in [-0.4, -0.2) is 23.9 Å². The third kappa shape index (κ3) is 1.00. The van der Waals surface area contributed by atoms with E-state index in [0.717, 1.165) is 12.8 Å². The monoisotopic (exact) mass is 156 g/mol. The first-order valence-electron chi connectivity index (χ1n) is 4.48. The average molecular weight is 156 g/mol. The minimum absolute atomic E-state index is 0.329. The second kappa shape index (κ2) is 2.20. The van der Waals surface area contributed by atoms with Crippen LogP contribution in [0.3, 0.4) is 0 Å². The number of hydrogen-bond acceptors (Lipinski definition) is 2. The van der Waals surface area contributed by atoms with E-state index in [-0.39, 0.29) is 0 Å². The van der Waals surface area contributed by atoms with Crippen molar-refractivity contribution in [3.63, 3.8) is 0 Å². The second-order valence-electron chi connectivity index (χ2n) is 4.09. The highest BCUT2D eigenvalue weighted by Gasteiger charge is 2.63. The molecule has 1 aliphatic heterocycles. The van der Waals surface area contributed by atoms with Crippen molar-refractivity contribution in [2.45, 2.75) is 38.9 Å². The van der Waals surface area contributed by atoms with Gasteiger partial charge in [-0.25, -0.2) is 0 Å². The van der Waals surface area contributed by atoms with E-state index in [1.165, 1.54) is 0 Å². The number of aliphatic hydroxyl groups is 1. The molecule has 0 aromatic rings. The van der Waals surface area contributed by atoms with Crippen LogP contribution >= 0.6 is 0 Å². The summed E-state index contributed by atoms with van der Waals surface area (Å²) in [5.74, 6) is 0.518. The first-order valence-corrected chi connectivity index (χ1v) is 4.48. The van der Waals surface area contributed by atoms with Gasteiger partial charge in [0.1, 0.15) is 0 Å². The summed E-state index contributed by atoms with van der Waals surface area (Å²) in [5, 5.41) is 8.92.